The summed E-state index contributed by atoms with van der Waals surface area (Å²) in [6.07, 6.45) is 7.55. The third-order valence-electron chi connectivity index (χ3n) is 7.20. The summed E-state index contributed by atoms with van der Waals surface area (Å²) in [5.41, 5.74) is 3.22. The predicted octanol–water partition coefficient (Wildman–Crippen LogP) is 6.71. The van der Waals surface area contributed by atoms with E-state index in [1.54, 1.807) is 24.3 Å². The molecule has 2 heterocycles. The van der Waals surface area contributed by atoms with Gasteiger partial charge in [0.05, 0.1) is 6.26 Å². The van der Waals surface area contributed by atoms with Gasteiger partial charge in [-0.15, -0.1) is 0 Å². The van der Waals surface area contributed by atoms with Crippen molar-refractivity contribution in [3.05, 3.63) is 71.7 Å². The Morgan fingerprint density at radius 3 is 2.27 bits per heavy atom. The SMILES string of the molecule is CCn1c2ccc(C(=O)C(CC3CCCCC3)=NOC(C)=O)cc2c2cc(C(=O)c3ccco3)ccc21. The molecule has 1 saturated carbocycles. The number of ketones is 2. The molecule has 1 aliphatic carbocycles. The Hall–Kier alpha value is -4.00. The van der Waals surface area contributed by atoms with Crippen LogP contribution < -0.4 is 0 Å². The minimum atomic E-state index is -0.552. The molecule has 4 aromatic rings. The van der Waals surface area contributed by atoms with Crippen LogP contribution in [0.2, 0.25) is 0 Å². The van der Waals surface area contributed by atoms with Crippen LogP contribution >= 0.6 is 0 Å². The molecule has 0 amide bonds. The topological polar surface area (TPSA) is 90.9 Å². The molecule has 1 fully saturated rings. The number of Topliss-reactive ketones (excluding diaryl/α,β-unsaturated/α-hetero) is 1. The van der Waals surface area contributed by atoms with Gasteiger partial charge < -0.3 is 13.8 Å². The molecule has 0 N–H and O–H groups in total. The Balaban J connectivity index is 1.56. The van der Waals surface area contributed by atoms with E-state index >= 15 is 0 Å². The van der Waals surface area contributed by atoms with Gasteiger partial charge in [0.25, 0.3) is 0 Å². The van der Waals surface area contributed by atoms with Crippen molar-refractivity contribution in [3.8, 4) is 0 Å². The zero-order valence-corrected chi connectivity index (χ0v) is 21.2. The van der Waals surface area contributed by atoms with E-state index in [1.165, 1.54) is 19.6 Å². The number of carbonyl (C=O) groups excluding carboxylic acids is 3. The maximum Gasteiger partial charge on any atom is 0.331 e. The fourth-order valence-corrected chi connectivity index (χ4v) is 5.40. The molecule has 2 aromatic carbocycles. The lowest BCUT2D eigenvalue weighted by atomic mass is 9.84. The average molecular weight is 499 g/mol. The van der Waals surface area contributed by atoms with Crippen LogP contribution in [0, 0.1) is 5.92 Å². The maximum atomic E-state index is 13.6. The first kappa shape index (κ1) is 24.7. The van der Waals surface area contributed by atoms with E-state index in [4.69, 9.17) is 9.25 Å². The van der Waals surface area contributed by atoms with Crippen LogP contribution in [0.15, 0.2) is 64.4 Å². The van der Waals surface area contributed by atoms with Crippen molar-refractivity contribution in [2.75, 3.05) is 0 Å². The van der Waals surface area contributed by atoms with E-state index in [2.05, 4.69) is 16.6 Å². The number of fused-ring (bicyclic) bond motifs is 3. The number of furan rings is 1. The molecule has 7 heteroatoms. The second-order valence-electron chi connectivity index (χ2n) is 9.67. The zero-order valence-electron chi connectivity index (χ0n) is 21.2. The summed E-state index contributed by atoms with van der Waals surface area (Å²) >= 11 is 0. The number of hydrogen-bond donors (Lipinski definition) is 0. The van der Waals surface area contributed by atoms with Crippen LogP contribution in [0.1, 0.15) is 78.8 Å². The van der Waals surface area contributed by atoms with Gasteiger partial charge in [-0.05, 0) is 67.8 Å². The Labute approximate surface area is 215 Å². The highest BCUT2D eigenvalue weighted by Gasteiger charge is 2.24. The molecule has 0 spiro atoms. The third-order valence-corrected chi connectivity index (χ3v) is 7.20. The number of aryl methyl sites for hydroxylation is 1. The first-order chi connectivity index (χ1) is 18.0. The van der Waals surface area contributed by atoms with Gasteiger partial charge in [0.2, 0.25) is 11.6 Å². The molecule has 0 saturated heterocycles. The molecular formula is C30H30N2O5. The van der Waals surface area contributed by atoms with Gasteiger partial charge in [-0.2, -0.15) is 0 Å². The average Bonchev–Trinajstić information content (AvgIpc) is 3.56. The highest BCUT2D eigenvalue weighted by molar-refractivity contribution is 6.46. The van der Waals surface area contributed by atoms with Crippen LogP contribution in [0.5, 0.6) is 0 Å². The van der Waals surface area contributed by atoms with Crippen LogP contribution in [0.4, 0.5) is 0 Å². The minimum absolute atomic E-state index is 0.195. The highest BCUT2D eigenvalue weighted by Crippen LogP contribution is 2.32. The number of oxime groups is 1. The third kappa shape index (κ3) is 4.99. The number of rotatable bonds is 8. The Bertz CT molecular complexity index is 1500. The number of carbonyl (C=O) groups is 3. The summed E-state index contributed by atoms with van der Waals surface area (Å²) in [5, 5.41) is 5.74. The summed E-state index contributed by atoms with van der Waals surface area (Å²) in [7, 11) is 0. The van der Waals surface area contributed by atoms with E-state index in [1.807, 2.05) is 24.3 Å². The molecule has 5 rings (SSSR count). The molecule has 0 atom stereocenters. The first-order valence-electron chi connectivity index (χ1n) is 12.9. The lowest BCUT2D eigenvalue weighted by Crippen LogP contribution is -2.21. The highest BCUT2D eigenvalue weighted by atomic mass is 16.7. The van der Waals surface area contributed by atoms with Gasteiger partial charge in [-0.3, -0.25) is 9.59 Å². The number of hydrogen-bond acceptors (Lipinski definition) is 6. The van der Waals surface area contributed by atoms with Crippen LogP contribution in [-0.2, 0) is 16.2 Å². The standard InChI is InChI=1S/C30H30N2O5/c1-3-32-26-13-11-21(29(34)25(31-37-19(2)33)16-20-8-5-4-6-9-20)17-23(26)24-18-22(12-14-27(24)32)30(35)28-10-7-15-36-28/h7,10-15,17-18,20H,3-6,8-9,16H2,1-2H3. The Morgan fingerprint density at radius 1 is 0.973 bits per heavy atom. The fourth-order valence-electron chi connectivity index (χ4n) is 5.40. The molecular weight excluding hydrogens is 468 g/mol. The molecule has 0 aliphatic heterocycles. The van der Waals surface area contributed by atoms with Crippen LogP contribution in [0.25, 0.3) is 21.8 Å². The summed E-state index contributed by atoms with van der Waals surface area (Å²) in [5.74, 6) is -0.352. The molecule has 1 aliphatic rings. The van der Waals surface area contributed by atoms with Crippen molar-refractivity contribution in [2.45, 2.75) is 58.9 Å². The second-order valence-corrected chi connectivity index (χ2v) is 9.67. The quantitative estimate of drug-likeness (QED) is 0.117. The first-order valence-corrected chi connectivity index (χ1v) is 12.9. The molecule has 0 unspecified atom stereocenters. The molecule has 0 radical (unpaired) electrons. The summed E-state index contributed by atoms with van der Waals surface area (Å²) in [6, 6.07) is 14.5. The van der Waals surface area contributed by atoms with E-state index in [9.17, 15) is 14.4 Å². The molecule has 7 nitrogen and oxygen atoms in total. The van der Waals surface area contributed by atoms with Gasteiger partial charge in [0, 0.05) is 46.4 Å². The van der Waals surface area contributed by atoms with Crippen LogP contribution in [-0.4, -0.2) is 27.8 Å². The van der Waals surface area contributed by atoms with E-state index in [-0.39, 0.29) is 23.0 Å². The van der Waals surface area contributed by atoms with Crippen molar-refractivity contribution in [3.63, 3.8) is 0 Å². The van der Waals surface area contributed by atoms with Crippen molar-refractivity contribution in [1.29, 1.82) is 0 Å². The lowest BCUT2D eigenvalue weighted by molar-refractivity contribution is -0.140. The molecule has 37 heavy (non-hydrogen) atoms. The van der Waals surface area contributed by atoms with Gasteiger partial charge in [-0.25, -0.2) is 4.79 Å². The van der Waals surface area contributed by atoms with E-state index < -0.39 is 5.97 Å². The van der Waals surface area contributed by atoms with Crippen molar-refractivity contribution >= 4 is 45.1 Å². The van der Waals surface area contributed by atoms with Crippen molar-refractivity contribution in [1.82, 2.24) is 4.57 Å². The Kier molecular flexibility index (Phi) is 7.04. The number of aromatic nitrogens is 1. The Morgan fingerprint density at radius 2 is 1.65 bits per heavy atom. The van der Waals surface area contributed by atoms with Crippen molar-refractivity contribution < 1.29 is 23.6 Å². The number of nitrogens with zero attached hydrogens (tertiary/aromatic N) is 2. The van der Waals surface area contributed by atoms with Gasteiger partial charge in [0.1, 0.15) is 5.71 Å². The van der Waals surface area contributed by atoms with Gasteiger partial charge >= 0.3 is 5.97 Å². The second kappa shape index (κ2) is 10.5. The fraction of sp³-hybridized carbons (Fsp3) is 0.333. The normalized spacial score (nSPS) is 14.8. The summed E-state index contributed by atoms with van der Waals surface area (Å²) in [6.45, 7) is 4.08. The molecule has 0 bridgehead atoms. The predicted molar refractivity (Wildman–Crippen MR) is 142 cm³/mol. The van der Waals surface area contributed by atoms with Crippen LogP contribution in [0.3, 0.4) is 0 Å². The largest absolute Gasteiger partial charge is 0.461 e. The van der Waals surface area contributed by atoms with Gasteiger partial charge in [0.15, 0.2) is 5.76 Å². The summed E-state index contributed by atoms with van der Waals surface area (Å²) in [4.78, 5) is 42.9. The lowest BCUT2D eigenvalue weighted by Gasteiger charge is -2.21. The minimum Gasteiger partial charge on any atom is -0.461 e. The molecule has 2 aromatic heterocycles. The van der Waals surface area contributed by atoms with E-state index in [0.29, 0.717) is 23.5 Å². The smallest absolute Gasteiger partial charge is 0.331 e. The van der Waals surface area contributed by atoms with Crippen molar-refractivity contribution in [2.24, 2.45) is 11.1 Å². The number of benzene rings is 2. The monoisotopic (exact) mass is 498 g/mol. The van der Waals surface area contributed by atoms with E-state index in [0.717, 1.165) is 54.0 Å². The maximum absolute atomic E-state index is 13.6. The zero-order chi connectivity index (χ0) is 25.9. The molecule has 190 valence electrons. The summed E-state index contributed by atoms with van der Waals surface area (Å²) < 4.78 is 7.47. The van der Waals surface area contributed by atoms with Gasteiger partial charge in [-0.1, -0.05) is 37.3 Å².